The van der Waals surface area contributed by atoms with Gasteiger partial charge in [0.1, 0.15) is 5.75 Å². The molecule has 0 saturated carbocycles. The summed E-state index contributed by atoms with van der Waals surface area (Å²) >= 11 is 0. The van der Waals surface area contributed by atoms with Crippen LogP contribution in [0, 0.1) is 0 Å². The minimum Gasteiger partial charge on any atom is -0.508 e. The van der Waals surface area contributed by atoms with Crippen LogP contribution in [0.25, 0.3) is 11.4 Å². The number of nitrogens with zero attached hydrogens (tertiary/aromatic N) is 2. The van der Waals surface area contributed by atoms with Crippen LogP contribution in [-0.2, 0) is 6.54 Å². The summed E-state index contributed by atoms with van der Waals surface area (Å²) in [5.41, 5.74) is 4.38. The van der Waals surface area contributed by atoms with Crippen molar-refractivity contribution >= 4 is 0 Å². The molecule has 4 heteroatoms. The Kier molecular flexibility index (Phi) is 6.47. The topological polar surface area (TPSA) is 58.0 Å². The molecule has 150 valence electrons. The Labute approximate surface area is 177 Å². The van der Waals surface area contributed by atoms with E-state index in [0.717, 1.165) is 24.1 Å². The number of aromatic hydroxyl groups is 1. The second-order valence-electron chi connectivity index (χ2n) is 7.26. The molecular formula is C26H25N3O. The summed E-state index contributed by atoms with van der Waals surface area (Å²) in [6.45, 7) is 1.42. The van der Waals surface area contributed by atoms with E-state index >= 15 is 0 Å². The van der Waals surface area contributed by atoms with Gasteiger partial charge in [-0.3, -0.25) is 0 Å². The van der Waals surface area contributed by atoms with E-state index in [-0.39, 0.29) is 5.75 Å². The lowest BCUT2D eigenvalue weighted by atomic mass is 9.88. The average Bonchev–Trinajstić information content (AvgIpc) is 2.82. The van der Waals surface area contributed by atoms with Crippen molar-refractivity contribution < 1.29 is 5.11 Å². The third-order valence-corrected chi connectivity index (χ3v) is 5.23. The van der Waals surface area contributed by atoms with Crippen LogP contribution in [-0.4, -0.2) is 21.6 Å². The molecule has 0 bridgehead atoms. The highest BCUT2D eigenvalue weighted by atomic mass is 16.3. The summed E-state index contributed by atoms with van der Waals surface area (Å²) in [4.78, 5) is 8.59. The monoisotopic (exact) mass is 395 g/mol. The van der Waals surface area contributed by atoms with Gasteiger partial charge in [0.25, 0.3) is 0 Å². The maximum absolute atomic E-state index is 10.3. The van der Waals surface area contributed by atoms with E-state index in [4.69, 9.17) is 0 Å². The minimum atomic E-state index is 0.282. The van der Waals surface area contributed by atoms with Crippen LogP contribution in [0.1, 0.15) is 29.0 Å². The zero-order valence-corrected chi connectivity index (χ0v) is 16.8. The van der Waals surface area contributed by atoms with Crippen molar-refractivity contribution in [2.24, 2.45) is 0 Å². The van der Waals surface area contributed by atoms with E-state index in [0.29, 0.717) is 18.3 Å². The summed E-state index contributed by atoms with van der Waals surface area (Å²) in [5.74, 6) is 1.27. The van der Waals surface area contributed by atoms with Gasteiger partial charge in [-0.15, -0.1) is 0 Å². The fraction of sp³-hybridized carbons (Fsp3) is 0.154. The Balaban J connectivity index is 1.42. The molecule has 0 aliphatic rings. The summed E-state index contributed by atoms with van der Waals surface area (Å²) < 4.78 is 0. The summed E-state index contributed by atoms with van der Waals surface area (Å²) in [6.07, 6.45) is 4.41. The van der Waals surface area contributed by atoms with E-state index in [1.54, 1.807) is 24.5 Å². The van der Waals surface area contributed by atoms with Crippen molar-refractivity contribution in [3.05, 3.63) is 114 Å². The van der Waals surface area contributed by atoms with Crippen molar-refractivity contribution in [2.45, 2.75) is 18.9 Å². The molecule has 3 aromatic carbocycles. The van der Waals surface area contributed by atoms with Crippen molar-refractivity contribution in [1.82, 2.24) is 15.3 Å². The molecule has 4 nitrogen and oxygen atoms in total. The smallest absolute Gasteiger partial charge is 0.159 e. The van der Waals surface area contributed by atoms with Gasteiger partial charge in [-0.05, 0) is 48.4 Å². The molecule has 0 radical (unpaired) electrons. The van der Waals surface area contributed by atoms with Crippen LogP contribution in [0.15, 0.2) is 97.3 Å². The quantitative estimate of drug-likeness (QED) is 0.405. The molecule has 0 fully saturated rings. The molecule has 4 aromatic rings. The zero-order chi connectivity index (χ0) is 20.6. The lowest BCUT2D eigenvalue weighted by molar-refractivity contribution is 0.464. The summed E-state index contributed by atoms with van der Waals surface area (Å²) in [7, 11) is 0. The molecule has 4 rings (SSSR count). The van der Waals surface area contributed by atoms with E-state index in [9.17, 15) is 5.11 Å². The van der Waals surface area contributed by atoms with Gasteiger partial charge in [0.05, 0.1) is 0 Å². The van der Waals surface area contributed by atoms with Gasteiger partial charge in [-0.2, -0.15) is 0 Å². The number of rotatable bonds is 8. The van der Waals surface area contributed by atoms with Crippen LogP contribution >= 0.6 is 0 Å². The van der Waals surface area contributed by atoms with Crippen LogP contribution < -0.4 is 5.32 Å². The van der Waals surface area contributed by atoms with E-state index in [2.05, 4.69) is 75.9 Å². The molecule has 1 heterocycles. The first-order chi connectivity index (χ1) is 14.8. The Morgan fingerprint density at radius 3 is 2.03 bits per heavy atom. The van der Waals surface area contributed by atoms with Crippen LogP contribution in [0.5, 0.6) is 5.75 Å². The van der Waals surface area contributed by atoms with E-state index in [1.165, 1.54) is 11.1 Å². The minimum absolute atomic E-state index is 0.282. The maximum Gasteiger partial charge on any atom is 0.159 e. The zero-order valence-electron chi connectivity index (χ0n) is 16.8. The number of aromatic nitrogens is 2. The molecular weight excluding hydrogens is 370 g/mol. The van der Waals surface area contributed by atoms with Gasteiger partial charge in [0, 0.05) is 36.0 Å². The molecule has 1 aromatic heterocycles. The van der Waals surface area contributed by atoms with Gasteiger partial charge in [0.2, 0.25) is 0 Å². The van der Waals surface area contributed by atoms with Crippen LogP contribution in [0.4, 0.5) is 0 Å². The van der Waals surface area contributed by atoms with Crippen molar-refractivity contribution in [1.29, 1.82) is 0 Å². The molecule has 0 aliphatic carbocycles. The Hall–Kier alpha value is -3.50. The fourth-order valence-corrected chi connectivity index (χ4v) is 3.68. The first kappa shape index (κ1) is 19.8. The summed E-state index contributed by atoms with van der Waals surface area (Å²) in [6, 6.07) is 28.5. The van der Waals surface area contributed by atoms with Crippen molar-refractivity contribution in [2.75, 3.05) is 6.54 Å². The number of benzene rings is 3. The maximum atomic E-state index is 10.3. The van der Waals surface area contributed by atoms with Gasteiger partial charge in [-0.1, -0.05) is 60.7 Å². The van der Waals surface area contributed by atoms with Gasteiger partial charge >= 0.3 is 0 Å². The number of phenolic OH excluding ortho intramolecular Hbond substituents is 1. The Morgan fingerprint density at radius 1 is 0.767 bits per heavy atom. The second kappa shape index (κ2) is 9.81. The van der Waals surface area contributed by atoms with Crippen molar-refractivity contribution in [3.8, 4) is 17.1 Å². The SMILES string of the molecule is Oc1ccc(-c2ncccn2)cc1CNCCC(c1ccccc1)c1ccccc1. The molecule has 2 N–H and O–H groups in total. The summed E-state index contributed by atoms with van der Waals surface area (Å²) in [5, 5.41) is 13.8. The van der Waals surface area contributed by atoms with E-state index in [1.807, 2.05) is 12.1 Å². The lowest BCUT2D eigenvalue weighted by Crippen LogP contribution is -2.18. The molecule has 0 amide bonds. The molecule has 0 atom stereocenters. The number of phenols is 1. The Bertz CT molecular complexity index is 1010. The highest BCUT2D eigenvalue weighted by Gasteiger charge is 2.13. The predicted molar refractivity (Wildman–Crippen MR) is 120 cm³/mol. The lowest BCUT2D eigenvalue weighted by Gasteiger charge is -2.18. The third kappa shape index (κ3) is 4.91. The average molecular weight is 396 g/mol. The van der Waals surface area contributed by atoms with Gasteiger partial charge in [0.15, 0.2) is 5.82 Å². The van der Waals surface area contributed by atoms with Gasteiger partial charge in [-0.25, -0.2) is 9.97 Å². The molecule has 30 heavy (non-hydrogen) atoms. The number of hydrogen-bond donors (Lipinski definition) is 2. The van der Waals surface area contributed by atoms with E-state index < -0.39 is 0 Å². The largest absolute Gasteiger partial charge is 0.508 e. The van der Waals surface area contributed by atoms with Crippen LogP contribution in [0.2, 0.25) is 0 Å². The molecule has 0 spiro atoms. The first-order valence-electron chi connectivity index (χ1n) is 10.2. The molecule has 0 unspecified atom stereocenters. The van der Waals surface area contributed by atoms with Crippen molar-refractivity contribution in [3.63, 3.8) is 0 Å². The first-order valence-corrected chi connectivity index (χ1v) is 10.2. The van der Waals surface area contributed by atoms with Gasteiger partial charge < -0.3 is 10.4 Å². The molecule has 0 aliphatic heterocycles. The highest BCUT2D eigenvalue weighted by molar-refractivity contribution is 5.58. The van der Waals surface area contributed by atoms with Crippen LogP contribution in [0.3, 0.4) is 0 Å². The number of nitrogens with one attached hydrogen (secondary N) is 1. The fourth-order valence-electron chi connectivity index (χ4n) is 3.68. The highest BCUT2D eigenvalue weighted by Crippen LogP contribution is 2.28. The Morgan fingerprint density at radius 2 is 1.40 bits per heavy atom. The third-order valence-electron chi connectivity index (χ3n) is 5.23. The molecule has 0 saturated heterocycles. The predicted octanol–water partition coefficient (Wildman–Crippen LogP) is 5.16. The standard InChI is InChI=1S/C26H25N3O/c30-25-13-12-22(26-28-15-7-16-29-26)18-23(25)19-27-17-14-24(20-8-3-1-4-9-20)21-10-5-2-6-11-21/h1-13,15-16,18,24,27,30H,14,17,19H2. The number of hydrogen-bond acceptors (Lipinski definition) is 4. The second-order valence-corrected chi connectivity index (χ2v) is 7.26. The normalized spacial score (nSPS) is 11.0.